The van der Waals surface area contributed by atoms with E-state index in [1.165, 1.54) is 12.8 Å². The molecule has 102 valence electrons. The molecule has 0 unspecified atom stereocenters. The smallest absolute Gasteiger partial charge is 0.315 e. The molecule has 0 amide bonds. The summed E-state index contributed by atoms with van der Waals surface area (Å²) >= 11 is 0. The van der Waals surface area contributed by atoms with E-state index >= 15 is 0 Å². The lowest BCUT2D eigenvalue weighted by molar-refractivity contribution is -0.135. The van der Waals surface area contributed by atoms with Crippen LogP contribution in [-0.2, 0) is 0 Å². The Labute approximate surface area is 102 Å². The Morgan fingerprint density at radius 2 is 1.76 bits per heavy atom. The van der Waals surface area contributed by atoms with E-state index in [-0.39, 0.29) is 12.0 Å². The van der Waals surface area contributed by atoms with Gasteiger partial charge in [0.05, 0.1) is 0 Å². The monoisotopic (exact) mass is 252 g/mol. The van der Waals surface area contributed by atoms with E-state index in [9.17, 15) is 13.2 Å². The van der Waals surface area contributed by atoms with Crippen molar-refractivity contribution in [3.8, 4) is 0 Å². The van der Waals surface area contributed by atoms with Gasteiger partial charge in [-0.05, 0) is 39.9 Å². The predicted octanol–water partition coefficient (Wildman–Crippen LogP) is 2.79. The lowest BCUT2D eigenvalue weighted by Crippen LogP contribution is -2.49. The van der Waals surface area contributed by atoms with Crippen LogP contribution >= 0.6 is 0 Å². The zero-order valence-electron chi connectivity index (χ0n) is 10.7. The summed E-state index contributed by atoms with van der Waals surface area (Å²) in [7, 11) is 4.12. The maximum absolute atomic E-state index is 12.0. The van der Waals surface area contributed by atoms with E-state index in [1.54, 1.807) is 0 Å². The van der Waals surface area contributed by atoms with Gasteiger partial charge in [0.15, 0.2) is 0 Å². The molecular weight excluding hydrogens is 229 g/mol. The molecule has 17 heavy (non-hydrogen) atoms. The first kappa shape index (κ1) is 14.8. The fourth-order valence-corrected chi connectivity index (χ4v) is 2.55. The minimum atomic E-state index is -4.02. The minimum Gasteiger partial charge on any atom is -0.315 e. The molecule has 0 aliphatic heterocycles. The SMILES string of the molecule is CN(C)C1(CNCCCC(F)(F)F)CCCC1. The van der Waals surface area contributed by atoms with Gasteiger partial charge in [0.25, 0.3) is 0 Å². The molecule has 1 aliphatic rings. The standard InChI is InChI=1S/C12H23F3N2/c1-17(2)11(6-3-4-7-11)10-16-9-5-8-12(13,14)15/h16H,3-10H2,1-2H3. The average Bonchev–Trinajstić information content (AvgIpc) is 2.65. The number of alkyl halides is 3. The molecule has 5 heteroatoms. The fourth-order valence-electron chi connectivity index (χ4n) is 2.55. The van der Waals surface area contributed by atoms with Crippen molar-refractivity contribution in [2.24, 2.45) is 0 Å². The van der Waals surface area contributed by atoms with Crippen molar-refractivity contribution in [2.45, 2.75) is 50.2 Å². The number of nitrogens with zero attached hydrogens (tertiary/aromatic N) is 1. The highest BCUT2D eigenvalue weighted by Gasteiger charge is 2.35. The number of likely N-dealkylation sites (N-methyl/N-ethyl adjacent to an activating group) is 1. The molecule has 0 aromatic heterocycles. The Morgan fingerprint density at radius 1 is 1.18 bits per heavy atom. The van der Waals surface area contributed by atoms with Crippen molar-refractivity contribution in [1.82, 2.24) is 10.2 Å². The summed E-state index contributed by atoms with van der Waals surface area (Å²) in [6.45, 7) is 1.26. The quantitative estimate of drug-likeness (QED) is 0.731. The van der Waals surface area contributed by atoms with Gasteiger partial charge in [-0.25, -0.2) is 0 Å². The zero-order chi connectivity index (χ0) is 12.9. The highest BCUT2D eigenvalue weighted by Crippen LogP contribution is 2.33. The first-order valence-corrected chi connectivity index (χ1v) is 6.31. The molecule has 1 fully saturated rings. The van der Waals surface area contributed by atoms with Gasteiger partial charge in [0.2, 0.25) is 0 Å². The Balaban J connectivity index is 2.20. The molecule has 0 aromatic rings. The van der Waals surface area contributed by atoms with Crippen LogP contribution in [0.3, 0.4) is 0 Å². The van der Waals surface area contributed by atoms with Gasteiger partial charge in [-0.1, -0.05) is 12.8 Å². The van der Waals surface area contributed by atoms with E-state index in [2.05, 4.69) is 24.3 Å². The van der Waals surface area contributed by atoms with E-state index in [1.807, 2.05) is 0 Å². The van der Waals surface area contributed by atoms with Crippen molar-refractivity contribution in [3.63, 3.8) is 0 Å². The summed E-state index contributed by atoms with van der Waals surface area (Å²) in [5, 5.41) is 3.18. The fraction of sp³-hybridized carbons (Fsp3) is 1.00. The highest BCUT2D eigenvalue weighted by atomic mass is 19.4. The summed E-state index contributed by atoms with van der Waals surface area (Å²) < 4.78 is 35.9. The molecule has 0 atom stereocenters. The average molecular weight is 252 g/mol. The van der Waals surface area contributed by atoms with E-state index < -0.39 is 12.6 Å². The van der Waals surface area contributed by atoms with Gasteiger partial charge >= 0.3 is 6.18 Å². The van der Waals surface area contributed by atoms with Crippen molar-refractivity contribution in [1.29, 1.82) is 0 Å². The van der Waals surface area contributed by atoms with Crippen LogP contribution in [0.2, 0.25) is 0 Å². The molecule has 1 rings (SSSR count). The van der Waals surface area contributed by atoms with E-state index in [0.717, 1.165) is 19.4 Å². The summed E-state index contributed by atoms with van der Waals surface area (Å²) in [5.74, 6) is 0. The normalized spacial score (nSPS) is 20.1. The Kier molecular flexibility index (Phi) is 5.25. The first-order valence-electron chi connectivity index (χ1n) is 6.31. The molecule has 0 saturated heterocycles. The molecule has 0 radical (unpaired) electrons. The molecule has 0 heterocycles. The van der Waals surface area contributed by atoms with Crippen LogP contribution in [0.15, 0.2) is 0 Å². The topological polar surface area (TPSA) is 15.3 Å². The number of halogens is 3. The number of nitrogens with one attached hydrogen (secondary N) is 1. The van der Waals surface area contributed by atoms with E-state index in [4.69, 9.17) is 0 Å². The van der Waals surface area contributed by atoms with Crippen LogP contribution in [0.1, 0.15) is 38.5 Å². The second kappa shape index (κ2) is 6.05. The molecular formula is C12H23F3N2. The summed E-state index contributed by atoms with van der Waals surface area (Å²) in [5.41, 5.74) is 0.165. The van der Waals surface area contributed by atoms with Crippen molar-refractivity contribution in [2.75, 3.05) is 27.2 Å². The minimum absolute atomic E-state index is 0.165. The largest absolute Gasteiger partial charge is 0.389 e. The van der Waals surface area contributed by atoms with Crippen molar-refractivity contribution < 1.29 is 13.2 Å². The number of hydrogen-bond donors (Lipinski definition) is 1. The Morgan fingerprint density at radius 3 is 2.24 bits per heavy atom. The van der Waals surface area contributed by atoms with Gasteiger partial charge < -0.3 is 10.2 Å². The van der Waals surface area contributed by atoms with Gasteiger partial charge in [0, 0.05) is 18.5 Å². The van der Waals surface area contributed by atoms with Crippen LogP contribution in [0.4, 0.5) is 13.2 Å². The third-order valence-corrected chi connectivity index (χ3v) is 3.75. The van der Waals surface area contributed by atoms with Gasteiger partial charge in [0.1, 0.15) is 0 Å². The van der Waals surface area contributed by atoms with Gasteiger partial charge in [-0.3, -0.25) is 0 Å². The van der Waals surface area contributed by atoms with Crippen molar-refractivity contribution >= 4 is 0 Å². The van der Waals surface area contributed by atoms with Crippen LogP contribution in [-0.4, -0.2) is 43.8 Å². The lowest BCUT2D eigenvalue weighted by atomic mass is 9.96. The molecule has 0 bridgehead atoms. The van der Waals surface area contributed by atoms with Gasteiger partial charge in [-0.2, -0.15) is 13.2 Å². The van der Waals surface area contributed by atoms with Crippen LogP contribution < -0.4 is 5.32 Å². The zero-order valence-corrected chi connectivity index (χ0v) is 10.7. The van der Waals surface area contributed by atoms with Crippen LogP contribution in [0.25, 0.3) is 0 Å². The molecule has 1 aliphatic carbocycles. The number of rotatable bonds is 6. The summed E-state index contributed by atoms with van der Waals surface area (Å²) in [4.78, 5) is 2.22. The predicted molar refractivity (Wildman–Crippen MR) is 63.0 cm³/mol. The third kappa shape index (κ3) is 4.84. The first-order chi connectivity index (χ1) is 7.86. The third-order valence-electron chi connectivity index (χ3n) is 3.75. The highest BCUT2D eigenvalue weighted by molar-refractivity contribution is 4.94. The maximum atomic E-state index is 12.0. The Hall–Kier alpha value is -0.290. The molecule has 0 spiro atoms. The molecule has 0 aromatic carbocycles. The summed E-state index contributed by atoms with van der Waals surface area (Å²) in [6, 6.07) is 0. The Bertz CT molecular complexity index is 220. The molecule has 1 saturated carbocycles. The van der Waals surface area contributed by atoms with Gasteiger partial charge in [-0.15, -0.1) is 0 Å². The molecule has 1 N–H and O–H groups in total. The van der Waals surface area contributed by atoms with E-state index in [0.29, 0.717) is 6.54 Å². The second-order valence-electron chi connectivity index (χ2n) is 5.22. The lowest BCUT2D eigenvalue weighted by Gasteiger charge is -2.36. The van der Waals surface area contributed by atoms with Crippen molar-refractivity contribution in [3.05, 3.63) is 0 Å². The van der Waals surface area contributed by atoms with Crippen LogP contribution in [0, 0.1) is 0 Å². The van der Waals surface area contributed by atoms with Crippen LogP contribution in [0.5, 0.6) is 0 Å². The summed E-state index contributed by atoms with van der Waals surface area (Å²) in [6.07, 6.45) is 0.208. The second-order valence-corrected chi connectivity index (χ2v) is 5.22. The maximum Gasteiger partial charge on any atom is 0.389 e. The number of hydrogen-bond acceptors (Lipinski definition) is 2. The molecule has 2 nitrogen and oxygen atoms in total.